The molecule has 0 fully saturated rings. The van der Waals surface area contributed by atoms with Gasteiger partial charge in [-0.1, -0.05) is 13.0 Å². The van der Waals surface area contributed by atoms with Crippen molar-refractivity contribution < 1.29 is 14.6 Å². The van der Waals surface area contributed by atoms with Gasteiger partial charge in [0.2, 0.25) is 0 Å². The summed E-state index contributed by atoms with van der Waals surface area (Å²) in [5.41, 5.74) is 0. The monoisotopic (exact) mass is 144 g/mol. The highest BCUT2D eigenvalue weighted by molar-refractivity contribution is 5.72. The fourth-order valence-electron chi connectivity index (χ4n) is 0.664. The fraction of sp³-hybridized carbons (Fsp3) is 0.571. The van der Waals surface area contributed by atoms with Crippen molar-refractivity contribution in [3.63, 3.8) is 0 Å². The molecule has 3 nitrogen and oxygen atoms in total. The highest BCUT2D eigenvalue weighted by atomic mass is 16.5. The van der Waals surface area contributed by atoms with Gasteiger partial charge in [-0.3, -0.25) is 0 Å². The summed E-state index contributed by atoms with van der Waals surface area (Å²) in [6.07, 6.45) is 0.792. The third-order valence-corrected chi connectivity index (χ3v) is 1.35. The molecule has 0 unspecified atom stereocenters. The Morgan fingerprint density at radius 1 is 1.80 bits per heavy atom. The van der Waals surface area contributed by atoms with Gasteiger partial charge in [0.1, 0.15) is 0 Å². The number of hydrogen-bond donors (Lipinski definition) is 1. The summed E-state index contributed by atoms with van der Waals surface area (Å²) in [5.74, 6) is -1.10. The smallest absolute Gasteiger partial charge is 0.333 e. The Morgan fingerprint density at radius 3 is 2.40 bits per heavy atom. The van der Waals surface area contributed by atoms with Crippen molar-refractivity contribution in [2.45, 2.75) is 13.0 Å². The van der Waals surface area contributed by atoms with Crippen LogP contribution in [0.3, 0.4) is 0 Å². The second-order valence-corrected chi connectivity index (χ2v) is 2.09. The number of rotatable bonds is 4. The molecule has 0 aliphatic heterocycles. The van der Waals surface area contributed by atoms with Crippen molar-refractivity contribution in [1.82, 2.24) is 0 Å². The fourth-order valence-corrected chi connectivity index (χ4v) is 0.664. The van der Waals surface area contributed by atoms with Crippen LogP contribution in [0.5, 0.6) is 0 Å². The van der Waals surface area contributed by atoms with Crippen LogP contribution in [-0.4, -0.2) is 24.3 Å². The lowest BCUT2D eigenvalue weighted by atomic mass is 10.1. The van der Waals surface area contributed by atoms with Crippen molar-refractivity contribution >= 4 is 5.97 Å². The molecule has 0 aliphatic rings. The first kappa shape index (κ1) is 9.17. The second kappa shape index (κ2) is 4.06. The maximum absolute atomic E-state index is 10.4. The van der Waals surface area contributed by atoms with Gasteiger partial charge < -0.3 is 9.84 Å². The Bertz CT molecular complexity index is 131. The van der Waals surface area contributed by atoms with Gasteiger partial charge in [-0.15, -0.1) is 6.58 Å². The molecule has 0 bridgehead atoms. The van der Waals surface area contributed by atoms with Gasteiger partial charge in [-0.25, -0.2) is 4.79 Å². The van der Waals surface area contributed by atoms with E-state index in [-0.39, 0.29) is 5.92 Å². The largest absolute Gasteiger partial charge is 0.479 e. The Kier molecular flexibility index (Phi) is 3.72. The molecule has 3 heteroatoms. The predicted molar refractivity (Wildman–Crippen MR) is 37.8 cm³/mol. The summed E-state index contributed by atoms with van der Waals surface area (Å²) in [5, 5.41) is 8.50. The van der Waals surface area contributed by atoms with Crippen LogP contribution < -0.4 is 0 Å². The first-order valence-electron chi connectivity index (χ1n) is 3.01. The maximum Gasteiger partial charge on any atom is 0.333 e. The van der Waals surface area contributed by atoms with E-state index >= 15 is 0 Å². The molecule has 0 rings (SSSR count). The predicted octanol–water partition coefficient (Wildman–Crippen LogP) is 0.908. The van der Waals surface area contributed by atoms with Crippen LogP contribution >= 0.6 is 0 Å². The molecule has 0 aromatic carbocycles. The Balaban J connectivity index is 4.05. The molecule has 0 aromatic heterocycles. The summed E-state index contributed by atoms with van der Waals surface area (Å²) in [6, 6.07) is 0. The van der Waals surface area contributed by atoms with E-state index in [0.717, 1.165) is 0 Å². The van der Waals surface area contributed by atoms with E-state index in [9.17, 15) is 4.79 Å². The topological polar surface area (TPSA) is 46.5 Å². The molecule has 0 saturated heterocycles. The first-order chi connectivity index (χ1) is 4.63. The van der Waals surface area contributed by atoms with E-state index in [1.807, 2.05) is 0 Å². The normalized spacial score (nSPS) is 15.8. The lowest BCUT2D eigenvalue weighted by Gasteiger charge is -2.13. The van der Waals surface area contributed by atoms with Crippen LogP contribution in [0.2, 0.25) is 0 Å². The zero-order valence-electron chi connectivity index (χ0n) is 6.20. The maximum atomic E-state index is 10.4. The Hall–Kier alpha value is -0.830. The van der Waals surface area contributed by atoms with Gasteiger partial charge in [-0.2, -0.15) is 0 Å². The highest BCUT2D eigenvalue weighted by Crippen LogP contribution is 2.06. The molecule has 58 valence electrons. The summed E-state index contributed by atoms with van der Waals surface area (Å²) in [6.45, 7) is 5.21. The van der Waals surface area contributed by atoms with Gasteiger partial charge in [0.25, 0.3) is 0 Å². The number of hydrogen-bond acceptors (Lipinski definition) is 2. The van der Waals surface area contributed by atoms with Gasteiger partial charge in [0, 0.05) is 13.0 Å². The SMILES string of the molecule is C=C[C@@H](C)[C@H](OC)C(=O)O. The molecule has 1 N–H and O–H groups in total. The molecule has 2 atom stereocenters. The molecule has 0 radical (unpaired) electrons. The summed E-state index contributed by atoms with van der Waals surface area (Å²) in [4.78, 5) is 10.4. The van der Waals surface area contributed by atoms with Crippen LogP contribution in [0, 0.1) is 5.92 Å². The van der Waals surface area contributed by atoms with Crippen LogP contribution in [0.25, 0.3) is 0 Å². The molecule has 0 aliphatic carbocycles. The van der Waals surface area contributed by atoms with Crippen molar-refractivity contribution in [2.75, 3.05) is 7.11 Å². The third kappa shape index (κ3) is 2.19. The van der Waals surface area contributed by atoms with E-state index in [1.54, 1.807) is 13.0 Å². The van der Waals surface area contributed by atoms with Crippen LogP contribution in [0.15, 0.2) is 12.7 Å². The lowest BCUT2D eigenvalue weighted by molar-refractivity contribution is -0.150. The first-order valence-corrected chi connectivity index (χ1v) is 3.01. The summed E-state index contributed by atoms with van der Waals surface area (Å²) >= 11 is 0. The summed E-state index contributed by atoms with van der Waals surface area (Å²) < 4.78 is 4.69. The van der Waals surface area contributed by atoms with E-state index < -0.39 is 12.1 Å². The van der Waals surface area contributed by atoms with Crippen LogP contribution in [-0.2, 0) is 9.53 Å². The molecule has 10 heavy (non-hydrogen) atoms. The molecule has 0 saturated carbocycles. The zero-order chi connectivity index (χ0) is 8.15. The summed E-state index contributed by atoms with van der Waals surface area (Å²) in [7, 11) is 1.37. The number of carboxylic acid groups (broad SMARTS) is 1. The minimum atomic E-state index is -0.949. The highest BCUT2D eigenvalue weighted by Gasteiger charge is 2.20. The molecular weight excluding hydrogens is 132 g/mol. The minimum Gasteiger partial charge on any atom is -0.479 e. The third-order valence-electron chi connectivity index (χ3n) is 1.35. The number of ether oxygens (including phenoxy) is 1. The van der Waals surface area contributed by atoms with E-state index in [4.69, 9.17) is 9.84 Å². The molecule has 0 aromatic rings. The van der Waals surface area contributed by atoms with Crippen molar-refractivity contribution in [3.05, 3.63) is 12.7 Å². The standard InChI is InChI=1S/C7H12O3/c1-4-5(2)6(10-3)7(8)9/h4-6H,1H2,2-3H3,(H,8,9)/t5-,6+/m1/s1. The average Bonchev–Trinajstić information content (AvgIpc) is 1.88. The molecule has 0 spiro atoms. The number of carbonyl (C=O) groups is 1. The quantitative estimate of drug-likeness (QED) is 0.596. The van der Waals surface area contributed by atoms with E-state index in [2.05, 4.69) is 6.58 Å². The Morgan fingerprint density at radius 2 is 2.30 bits per heavy atom. The molecular formula is C7H12O3. The lowest BCUT2D eigenvalue weighted by Crippen LogP contribution is -2.28. The second-order valence-electron chi connectivity index (χ2n) is 2.09. The van der Waals surface area contributed by atoms with Crippen LogP contribution in [0.4, 0.5) is 0 Å². The molecule has 0 amide bonds. The van der Waals surface area contributed by atoms with Crippen LogP contribution in [0.1, 0.15) is 6.92 Å². The van der Waals surface area contributed by atoms with E-state index in [0.29, 0.717) is 0 Å². The number of carboxylic acids is 1. The van der Waals surface area contributed by atoms with Crippen molar-refractivity contribution in [2.24, 2.45) is 5.92 Å². The van der Waals surface area contributed by atoms with E-state index in [1.165, 1.54) is 7.11 Å². The minimum absolute atomic E-state index is 0.150. The van der Waals surface area contributed by atoms with Gasteiger partial charge in [0.05, 0.1) is 0 Å². The number of methoxy groups -OCH3 is 1. The molecule has 0 heterocycles. The van der Waals surface area contributed by atoms with Gasteiger partial charge in [0.15, 0.2) is 6.10 Å². The van der Waals surface area contributed by atoms with Gasteiger partial charge >= 0.3 is 5.97 Å². The Labute approximate surface area is 60.3 Å². The van der Waals surface area contributed by atoms with Crippen molar-refractivity contribution in [3.8, 4) is 0 Å². The van der Waals surface area contributed by atoms with Gasteiger partial charge in [-0.05, 0) is 0 Å². The zero-order valence-corrected chi connectivity index (χ0v) is 6.20. The number of aliphatic carboxylic acids is 1. The van der Waals surface area contributed by atoms with Crippen molar-refractivity contribution in [1.29, 1.82) is 0 Å². The average molecular weight is 144 g/mol.